The molecule has 0 aromatic heterocycles. The van der Waals surface area contributed by atoms with Crippen LogP contribution in [0.3, 0.4) is 0 Å². The van der Waals surface area contributed by atoms with Crippen molar-refractivity contribution in [2.24, 2.45) is 0 Å². The molecule has 3 rings (SSSR count). The first-order chi connectivity index (χ1) is 13.0. The van der Waals surface area contributed by atoms with Gasteiger partial charge in [0, 0.05) is 16.0 Å². The van der Waals surface area contributed by atoms with E-state index >= 15 is 0 Å². The number of para-hydroxylation sites is 1. The minimum absolute atomic E-state index is 0.00129. The Hall–Kier alpha value is -2.24. The van der Waals surface area contributed by atoms with E-state index < -0.39 is 0 Å². The zero-order chi connectivity index (χ0) is 19.4. The summed E-state index contributed by atoms with van der Waals surface area (Å²) in [6, 6.07) is 15.0. The molecule has 0 spiro atoms. The van der Waals surface area contributed by atoms with Crippen molar-refractivity contribution in [2.75, 3.05) is 11.4 Å². The van der Waals surface area contributed by atoms with E-state index in [9.17, 15) is 9.59 Å². The molecule has 2 aromatic rings. The second-order valence-corrected chi connectivity index (χ2v) is 7.92. The molecule has 27 heavy (non-hydrogen) atoms. The molecule has 1 aliphatic rings. The first-order valence-electron chi connectivity index (χ1n) is 8.83. The van der Waals surface area contributed by atoms with Gasteiger partial charge in [0.2, 0.25) is 5.91 Å². The SMILES string of the molecule is CC[C@H](C)NC(=O)CN1C(=O)/C(=C\c2ccc(Cl)cc2)Sc2ccccc21. The van der Waals surface area contributed by atoms with Gasteiger partial charge >= 0.3 is 0 Å². The molecule has 0 saturated carbocycles. The van der Waals surface area contributed by atoms with Crippen LogP contribution in [0.5, 0.6) is 0 Å². The number of hydrogen-bond acceptors (Lipinski definition) is 3. The van der Waals surface area contributed by atoms with Gasteiger partial charge in [0.25, 0.3) is 5.91 Å². The summed E-state index contributed by atoms with van der Waals surface area (Å²) < 4.78 is 0. The summed E-state index contributed by atoms with van der Waals surface area (Å²) in [5, 5.41) is 3.57. The zero-order valence-corrected chi connectivity index (χ0v) is 16.8. The number of carbonyl (C=O) groups excluding carboxylic acids is 2. The van der Waals surface area contributed by atoms with Crippen molar-refractivity contribution in [1.29, 1.82) is 0 Å². The van der Waals surface area contributed by atoms with Crippen LogP contribution in [0, 0.1) is 0 Å². The Kier molecular flexibility index (Phi) is 6.24. The number of nitrogens with one attached hydrogen (secondary N) is 1. The van der Waals surface area contributed by atoms with Gasteiger partial charge in [-0.25, -0.2) is 0 Å². The fraction of sp³-hybridized carbons (Fsp3) is 0.238. The van der Waals surface area contributed by atoms with Crippen LogP contribution < -0.4 is 10.2 Å². The monoisotopic (exact) mass is 400 g/mol. The van der Waals surface area contributed by atoms with E-state index in [0.717, 1.165) is 22.6 Å². The van der Waals surface area contributed by atoms with Crippen molar-refractivity contribution in [2.45, 2.75) is 31.2 Å². The Morgan fingerprint density at radius 2 is 1.93 bits per heavy atom. The van der Waals surface area contributed by atoms with Crippen LogP contribution in [0.25, 0.3) is 6.08 Å². The third kappa shape index (κ3) is 4.73. The van der Waals surface area contributed by atoms with Crippen molar-refractivity contribution < 1.29 is 9.59 Å². The summed E-state index contributed by atoms with van der Waals surface area (Å²) in [7, 11) is 0. The second-order valence-electron chi connectivity index (χ2n) is 6.40. The molecule has 1 heterocycles. The first-order valence-corrected chi connectivity index (χ1v) is 10.0. The number of anilines is 1. The van der Waals surface area contributed by atoms with E-state index in [1.165, 1.54) is 11.8 Å². The molecule has 2 aromatic carbocycles. The van der Waals surface area contributed by atoms with Gasteiger partial charge in [-0.15, -0.1) is 0 Å². The molecule has 1 N–H and O–H groups in total. The predicted molar refractivity (Wildman–Crippen MR) is 112 cm³/mol. The van der Waals surface area contributed by atoms with E-state index in [1.807, 2.05) is 56.3 Å². The average Bonchev–Trinajstić information content (AvgIpc) is 2.66. The maximum atomic E-state index is 13.1. The number of nitrogens with zero attached hydrogens (tertiary/aromatic N) is 1. The van der Waals surface area contributed by atoms with Crippen LogP contribution in [0.2, 0.25) is 5.02 Å². The van der Waals surface area contributed by atoms with Crippen LogP contribution in [-0.2, 0) is 9.59 Å². The summed E-state index contributed by atoms with van der Waals surface area (Å²) in [6.07, 6.45) is 2.67. The Morgan fingerprint density at radius 3 is 2.63 bits per heavy atom. The summed E-state index contributed by atoms with van der Waals surface area (Å²) >= 11 is 7.36. The van der Waals surface area contributed by atoms with Gasteiger partial charge in [-0.3, -0.25) is 14.5 Å². The Labute approximate surface area is 168 Å². The Morgan fingerprint density at radius 1 is 1.22 bits per heavy atom. The summed E-state index contributed by atoms with van der Waals surface area (Å²) in [5.74, 6) is -0.335. The minimum atomic E-state index is -0.173. The third-order valence-electron chi connectivity index (χ3n) is 4.32. The number of benzene rings is 2. The van der Waals surface area contributed by atoms with Crippen molar-refractivity contribution in [3.63, 3.8) is 0 Å². The molecule has 6 heteroatoms. The summed E-state index contributed by atoms with van der Waals surface area (Å²) in [6.45, 7) is 3.96. The van der Waals surface area contributed by atoms with E-state index in [0.29, 0.717) is 9.93 Å². The molecule has 4 nitrogen and oxygen atoms in total. The highest BCUT2D eigenvalue weighted by Crippen LogP contribution is 2.41. The Balaban J connectivity index is 1.90. The maximum absolute atomic E-state index is 13.1. The van der Waals surface area contributed by atoms with Gasteiger partial charge in [-0.05, 0) is 49.2 Å². The topological polar surface area (TPSA) is 49.4 Å². The molecule has 140 valence electrons. The lowest BCUT2D eigenvalue weighted by atomic mass is 10.2. The first kappa shape index (κ1) is 19.5. The third-order valence-corrected chi connectivity index (χ3v) is 5.65. The number of rotatable bonds is 5. The molecule has 0 bridgehead atoms. The van der Waals surface area contributed by atoms with Gasteiger partial charge in [-0.1, -0.05) is 54.6 Å². The highest BCUT2D eigenvalue weighted by molar-refractivity contribution is 8.04. The standard InChI is InChI=1S/C21H21ClN2O2S/c1-3-14(2)23-20(25)13-24-17-6-4-5-7-18(17)27-19(21(24)26)12-15-8-10-16(22)11-9-15/h4-12,14H,3,13H2,1-2H3,(H,23,25)/b19-12+/t14-/m0/s1. The van der Waals surface area contributed by atoms with Crippen LogP contribution in [0.4, 0.5) is 5.69 Å². The average molecular weight is 401 g/mol. The van der Waals surface area contributed by atoms with Crippen LogP contribution in [-0.4, -0.2) is 24.4 Å². The highest BCUT2D eigenvalue weighted by atomic mass is 35.5. The van der Waals surface area contributed by atoms with E-state index in [1.54, 1.807) is 17.0 Å². The summed E-state index contributed by atoms with van der Waals surface area (Å²) in [4.78, 5) is 28.5. The van der Waals surface area contributed by atoms with E-state index in [2.05, 4.69) is 5.32 Å². The fourth-order valence-electron chi connectivity index (χ4n) is 2.70. The van der Waals surface area contributed by atoms with E-state index in [-0.39, 0.29) is 24.4 Å². The van der Waals surface area contributed by atoms with Gasteiger partial charge in [0.1, 0.15) is 6.54 Å². The molecule has 2 amide bonds. The quantitative estimate of drug-likeness (QED) is 0.738. The minimum Gasteiger partial charge on any atom is -0.352 e. The van der Waals surface area contributed by atoms with Gasteiger partial charge in [-0.2, -0.15) is 0 Å². The molecule has 1 aliphatic heterocycles. The Bertz CT molecular complexity index is 880. The molecule has 0 aliphatic carbocycles. The number of thioether (sulfide) groups is 1. The highest BCUT2D eigenvalue weighted by Gasteiger charge is 2.30. The molecular formula is C21H21ClN2O2S. The van der Waals surface area contributed by atoms with Gasteiger partial charge in [0.05, 0.1) is 10.6 Å². The fourth-order valence-corrected chi connectivity index (χ4v) is 3.88. The molecule has 0 radical (unpaired) electrons. The van der Waals surface area contributed by atoms with Crippen LogP contribution >= 0.6 is 23.4 Å². The smallest absolute Gasteiger partial charge is 0.265 e. The van der Waals surface area contributed by atoms with E-state index in [4.69, 9.17) is 11.6 Å². The van der Waals surface area contributed by atoms with Crippen molar-refractivity contribution in [3.05, 3.63) is 64.0 Å². The van der Waals surface area contributed by atoms with Crippen molar-refractivity contribution in [1.82, 2.24) is 5.32 Å². The zero-order valence-electron chi connectivity index (χ0n) is 15.2. The molecular weight excluding hydrogens is 380 g/mol. The molecule has 1 atom stereocenters. The van der Waals surface area contributed by atoms with Gasteiger partial charge in [0.15, 0.2) is 0 Å². The number of carbonyl (C=O) groups is 2. The lowest BCUT2D eigenvalue weighted by Crippen LogP contribution is -2.44. The number of amides is 2. The lowest BCUT2D eigenvalue weighted by molar-refractivity contribution is -0.122. The van der Waals surface area contributed by atoms with Crippen molar-refractivity contribution >= 4 is 46.9 Å². The summed E-state index contributed by atoms with van der Waals surface area (Å²) in [5.41, 5.74) is 1.65. The number of halogens is 1. The molecule has 0 saturated heterocycles. The largest absolute Gasteiger partial charge is 0.352 e. The maximum Gasteiger partial charge on any atom is 0.265 e. The molecule has 0 unspecified atom stereocenters. The van der Waals surface area contributed by atoms with Crippen molar-refractivity contribution in [3.8, 4) is 0 Å². The number of fused-ring (bicyclic) bond motifs is 1. The second kappa shape index (κ2) is 8.63. The van der Waals surface area contributed by atoms with Crippen LogP contribution in [0.1, 0.15) is 25.8 Å². The van der Waals surface area contributed by atoms with Gasteiger partial charge < -0.3 is 5.32 Å². The van der Waals surface area contributed by atoms with Crippen LogP contribution in [0.15, 0.2) is 58.3 Å². The number of hydrogen-bond donors (Lipinski definition) is 1. The lowest BCUT2D eigenvalue weighted by Gasteiger charge is -2.30. The molecule has 0 fully saturated rings. The normalized spacial score (nSPS) is 16.2. The predicted octanol–water partition coefficient (Wildman–Crippen LogP) is 4.73.